The van der Waals surface area contributed by atoms with Crippen molar-refractivity contribution in [3.63, 3.8) is 0 Å². The third-order valence-electron chi connectivity index (χ3n) is 3.90. The topological polar surface area (TPSA) is 51.7 Å². The van der Waals surface area contributed by atoms with Gasteiger partial charge >= 0.3 is 0 Å². The number of benzene rings is 1. The molecule has 1 aromatic carbocycles. The maximum absolute atomic E-state index is 11.1. The van der Waals surface area contributed by atoms with Gasteiger partial charge in [-0.05, 0) is 11.6 Å². The molecule has 1 aliphatic rings. The van der Waals surface area contributed by atoms with Crippen LogP contribution in [0.3, 0.4) is 0 Å². The highest BCUT2D eigenvalue weighted by Gasteiger charge is 2.10. The fourth-order valence-electron chi connectivity index (χ4n) is 2.59. The fraction of sp³-hybridized carbons (Fsp3) is 0.333. The Morgan fingerprint density at radius 1 is 1.17 bits per heavy atom. The molecule has 120 valence electrons. The minimum atomic E-state index is 0.602. The van der Waals surface area contributed by atoms with Gasteiger partial charge < -0.3 is 9.47 Å². The summed E-state index contributed by atoms with van der Waals surface area (Å²) in [6, 6.07) is 11.3. The van der Waals surface area contributed by atoms with Crippen LogP contribution < -0.4 is 4.74 Å². The number of hydrogen-bond acceptors (Lipinski definition) is 5. The number of nitrogens with zero attached hydrogens (tertiary/aromatic N) is 2. The predicted molar refractivity (Wildman–Crippen MR) is 87.8 cm³/mol. The molecule has 2 aromatic rings. The summed E-state index contributed by atoms with van der Waals surface area (Å²) in [5.41, 5.74) is 2.46. The largest absolute Gasteiger partial charge is 0.476 e. The quantitative estimate of drug-likeness (QED) is 0.766. The lowest BCUT2D eigenvalue weighted by atomic mass is 10.0. The van der Waals surface area contributed by atoms with Gasteiger partial charge in [-0.1, -0.05) is 24.3 Å². The first kappa shape index (κ1) is 15.6. The minimum absolute atomic E-state index is 0.602. The summed E-state index contributed by atoms with van der Waals surface area (Å²) in [6.07, 6.45) is 2.61. The molecule has 1 aromatic heterocycles. The van der Waals surface area contributed by atoms with E-state index in [2.05, 4.69) is 9.88 Å². The highest BCUT2D eigenvalue weighted by Crippen LogP contribution is 2.23. The zero-order valence-corrected chi connectivity index (χ0v) is 13.0. The third-order valence-corrected chi connectivity index (χ3v) is 3.90. The first-order valence-electron chi connectivity index (χ1n) is 7.80. The van der Waals surface area contributed by atoms with E-state index in [-0.39, 0.29) is 0 Å². The van der Waals surface area contributed by atoms with Crippen LogP contribution in [0.1, 0.15) is 10.4 Å². The van der Waals surface area contributed by atoms with E-state index in [0.717, 1.165) is 50.3 Å². The zero-order valence-electron chi connectivity index (χ0n) is 13.0. The Labute approximate surface area is 135 Å². The van der Waals surface area contributed by atoms with E-state index in [1.54, 1.807) is 12.3 Å². The monoisotopic (exact) mass is 312 g/mol. The lowest BCUT2D eigenvalue weighted by Crippen LogP contribution is -2.38. The van der Waals surface area contributed by atoms with Gasteiger partial charge in [0.15, 0.2) is 6.29 Å². The van der Waals surface area contributed by atoms with Crippen molar-refractivity contribution in [1.82, 2.24) is 9.88 Å². The average molecular weight is 312 g/mol. The van der Waals surface area contributed by atoms with Crippen LogP contribution in [0.15, 0.2) is 42.6 Å². The number of aromatic nitrogens is 1. The number of ether oxygens (including phenoxy) is 2. The number of pyridine rings is 1. The second-order valence-electron chi connectivity index (χ2n) is 5.39. The molecule has 1 aliphatic heterocycles. The molecule has 0 saturated carbocycles. The summed E-state index contributed by atoms with van der Waals surface area (Å²) in [7, 11) is 0. The van der Waals surface area contributed by atoms with Crippen molar-refractivity contribution in [2.45, 2.75) is 0 Å². The molecule has 0 spiro atoms. The van der Waals surface area contributed by atoms with Crippen molar-refractivity contribution >= 4 is 6.29 Å². The van der Waals surface area contributed by atoms with E-state index < -0.39 is 0 Å². The highest BCUT2D eigenvalue weighted by molar-refractivity contribution is 5.87. The molecule has 2 heterocycles. The third kappa shape index (κ3) is 4.15. The van der Waals surface area contributed by atoms with Crippen LogP contribution in [0.5, 0.6) is 5.88 Å². The SMILES string of the molecule is O=Cc1ccccc1-c1ccc(OCCN2CCOCC2)nc1. The second-order valence-corrected chi connectivity index (χ2v) is 5.39. The number of morpholine rings is 1. The standard InChI is InChI=1S/C18H20N2O3/c21-14-16-3-1-2-4-17(16)15-5-6-18(19-13-15)23-12-9-20-7-10-22-11-8-20/h1-6,13-14H,7-12H2. The van der Waals surface area contributed by atoms with Gasteiger partial charge in [-0.25, -0.2) is 4.98 Å². The zero-order chi connectivity index (χ0) is 15.9. The number of hydrogen-bond donors (Lipinski definition) is 0. The molecule has 1 fully saturated rings. The lowest BCUT2D eigenvalue weighted by molar-refractivity contribution is 0.0320. The van der Waals surface area contributed by atoms with Gasteiger partial charge in [0.1, 0.15) is 6.61 Å². The van der Waals surface area contributed by atoms with E-state index in [9.17, 15) is 4.79 Å². The molecule has 1 saturated heterocycles. The number of carbonyl (C=O) groups excluding carboxylic acids is 1. The molecule has 3 rings (SSSR count). The first-order chi connectivity index (χ1) is 11.4. The molecule has 0 unspecified atom stereocenters. The molecule has 0 aliphatic carbocycles. The van der Waals surface area contributed by atoms with Crippen LogP contribution in [-0.4, -0.2) is 55.6 Å². The van der Waals surface area contributed by atoms with Gasteiger partial charge in [0.05, 0.1) is 13.2 Å². The highest BCUT2D eigenvalue weighted by atomic mass is 16.5. The Kier molecular flexibility index (Phi) is 5.34. The molecule has 23 heavy (non-hydrogen) atoms. The number of rotatable bonds is 6. The Hall–Kier alpha value is -2.24. The molecule has 0 radical (unpaired) electrons. The lowest BCUT2D eigenvalue weighted by Gasteiger charge is -2.26. The van der Waals surface area contributed by atoms with Gasteiger partial charge in [0.2, 0.25) is 5.88 Å². The molecule has 0 amide bonds. The van der Waals surface area contributed by atoms with Crippen LogP contribution in [0.2, 0.25) is 0 Å². The fourth-order valence-corrected chi connectivity index (χ4v) is 2.59. The van der Waals surface area contributed by atoms with E-state index in [4.69, 9.17) is 9.47 Å². The summed E-state index contributed by atoms with van der Waals surface area (Å²) in [6.45, 7) is 4.99. The molecular weight excluding hydrogens is 292 g/mol. The summed E-state index contributed by atoms with van der Waals surface area (Å²) in [5, 5.41) is 0. The number of aldehydes is 1. The van der Waals surface area contributed by atoms with Crippen LogP contribution in [0.4, 0.5) is 0 Å². The summed E-state index contributed by atoms with van der Waals surface area (Å²) < 4.78 is 11.0. The summed E-state index contributed by atoms with van der Waals surface area (Å²) in [5.74, 6) is 0.602. The Morgan fingerprint density at radius 3 is 2.74 bits per heavy atom. The van der Waals surface area contributed by atoms with Crippen molar-refractivity contribution in [2.75, 3.05) is 39.5 Å². The summed E-state index contributed by atoms with van der Waals surface area (Å²) in [4.78, 5) is 17.8. The van der Waals surface area contributed by atoms with Crippen molar-refractivity contribution in [1.29, 1.82) is 0 Å². The predicted octanol–water partition coefficient (Wildman–Crippen LogP) is 2.27. The smallest absolute Gasteiger partial charge is 0.213 e. The first-order valence-corrected chi connectivity index (χ1v) is 7.80. The van der Waals surface area contributed by atoms with Gasteiger partial charge in [-0.2, -0.15) is 0 Å². The van der Waals surface area contributed by atoms with E-state index in [0.29, 0.717) is 18.1 Å². The van der Waals surface area contributed by atoms with Crippen LogP contribution in [-0.2, 0) is 4.74 Å². The van der Waals surface area contributed by atoms with E-state index in [1.165, 1.54) is 0 Å². The Balaban J connectivity index is 1.57. The molecular formula is C18H20N2O3. The maximum atomic E-state index is 11.1. The molecule has 0 N–H and O–H groups in total. The van der Waals surface area contributed by atoms with Gasteiger partial charge in [-0.3, -0.25) is 9.69 Å². The van der Waals surface area contributed by atoms with Crippen molar-refractivity contribution in [3.05, 3.63) is 48.2 Å². The molecule has 0 atom stereocenters. The van der Waals surface area contributed by atoms with Crippen LogP contribution in [0, 0.1) is 0 Å². The van der Waals surface area contributed by atoms with Gasteiger partial charge in [0.25, 0.3) is 0 Å². The van der Waals surface area contributed by atoms with Crippen molar-refractivity contribution in [3.8, 4) is 17.0 Å². The Morgan fingerprint density at radius 2 is 2.00 bits per heavy atom. The minimum Gasteiger partial charge on any atom is -0.476 e. The summed E-state index contributed by atoms with van der Waals surface area (Å²) >= 11 is 0. The van der Waals surface area contributed by atoms with Gasteiger partial charge in [-0.15, -0.1) is 0 Å². The van der Waals surface area contributed by atoms with Crippen LogP contribution in [0.25, 0.3) is 11.1 Å². The van der Waals surface area contributed by atoms with E-state index >= 15 is 0 Å². The number of carbonyl (C=O) groups is 1. The Bertz CT molecular complexity index is 637. The molecule has 5 nitrogen and oxygen atoms in total. The second kappa shape index (κ2) is 7.85. The van der Waals surface area contributed by atoms with Crippen molar-refractivity contribution < 1.29 is 14.3 Å². The maximum Gasteiger partial charge on any atom is 0.213 e. The van der Waals surface area contributed by atoms with Crippen LogP contribution >= 0.6 is 0 Å². The van der Waals surface area contributed by atoms with Gasteiger partial charge in [0, 0.05) is 43.0 Å². The van der Waals surface area contributed by atoms with E-state index in [1.807, 2.05) is 30.3 Å². The normalized spacial score (nSPS) is 15.3. The van der Waals surface area contributed by atoms with Crippen molar-refractivity contribution in [2.24, 2.45) is 0 Å². The molecule has 0 bridgehead atoms. The average Bonchev–Trinajstić information content (AvgIpc) is 2.63. The molecule has 5 heteroatoms.